The van der Waals surface area contributed by atoms with E-state index in [0.29, 0.717) is 0 Å². The van der Waals surface area contributed by atoms with E-state index in [4.69, 9.17) is 0 Å². The van der Waals surface area contributed by atoms with Crippen LogP contribution < -0.4 is 4.90 Å². The summed E-state index contributed by atoms with van der Waals surface area (Å²) in [6, 6.07) is 73.1. The molecule has 0 spiro atoms. The number of rotatable bonds is 5. The van der Waals surface area contributed by atoms with Gasteiger partial charge in [-0.05, 0) is 101 Å². The van der Waals surface area contributed by atoms with Crippen LogP contribution >= 0.6 is 0 Å². The second-order valence-corrected chi connectivity index (χ2v) is 13.3. The van der Waals surface area contributed by atoms with Crippen LogP contribution in [-0.4, -0.2) is 0 Å². The second-order valence-electron chi connectivity index (χ2n) is 13.3. The normalized spacial score (nSPS) is 11.5. The zero-order chi connectivity index (χ0) is 33.7. The summed E-state index contributed by atoms with van der Waals surface area (Å²) in [6.07, 6.45) is 0. The quantitative estimate of drug-likeness (QED) is 0.168. The third kappa shape index (κ3) is 4.86. The standard InChI is InChI=1S/C50H33N/c1-3-16-36(17-4-1)49-46-23-12-11-22-43(46)44-31-29-40(33-47(44)50(49)37-18-5-2-6-19-37)51(39-28-26-34-14-7-8-20-38(34)32-39)48-25-13-24-42-41-21-10-9-15-35(41)27-30-45(42)48/h1-33H. The molecule has 238 valence electrons. The Bertz CT molecular complexity index is 2910. The van der Waals surface area contributed by atoms with Gasteiger partial charge in [0, 0.05) is 16.8 Å². The average molecular weight is 648 g/mol. The maximum absolute atomic E-state index is 2.45. The summed E-state index contributed by atoms with van der Waals surface area (Å²) in [5.74, 6) is 0. The number of hydrogen-bond donors (Lipinski definition) is 0. The van der Waals surface area contributed by atoms with Gasteiger partial charge >= 0.3 is 0 Å². The molecule has 0 radical (unpaired) electrons. The van der Waals surface area contributed by atoms with Crippen LogP contribution in [0.15, 0.2) is 200 Å². The Morgan fingerprint density at radius 3 is 1.51 bits per heavy atom. The van der Waals surface area contributed by atoms with Gasteiger partial charge in [-0.3, -0.25) is 0 Å². The molecule has 0 saturated heterocycles. The highest BCUT2D eigenvalue weighted by atomic mass is 15.1. The molecular weight excluding hydrogens is 615 g/mol. The van der Waals surface area contributed by atoms with Crippen LogP contribution in [0.5, 0.6) is 0 Å². The topological polar surface area (TPSA) is 3.24 Å². The first-order chi connectivity index (χ1) is 25.3. The van der Waals surface area contributed by atoms with Crippen molar-refractivity contribution in [3.8, 4) is 22.3 Å². The smallest absolute Gasteiger partial charge is 0.0540 e. The zero-order valence-electron chi connectivity index (χ0n) is 28.0. The lowest BCUT2D eigenvalue weighted by Crippen LogP contribution is -2.10. The van der Waals surface area contributed by atoms with E-state index in [1.54, 1.807) is 0 Å². The Morgan fingerprint density at radius 2 is 0.745 bits per heavy atom. The fourth-order valence-corrected chi connectivity index (χ4v) is 8.09. The first kappa shape index (κ1) is 29.2. The van der Waals surface area contributed by atoms with Gasteiger partial charge in [0.05, 0.1) is 5.69 Å². The number of benzene rings is 10. The summed E-state index contributed by atoms with van der Waals surface area (Å²) >= 11 is 0. The Balaban J connectivity index is 1.32. The summed E-state index contributed by atoms with van der Waals surface area (Å²) in [7, 11) is 0. The van der Waals surface area contributed by atoms with Crippen LogP contribution in [0.4, 0.5) is 17.1 Å². The summed E-state index contributed by atoms with van der Waals surface area (Å²) in [4.78, 5) is 2.45. The monoisotopic (exact) mass is 647 g/mol. The van der Waals surface area contributed by atoms with Gasteiger partial charge in [-0.15, -0.1) is 0 Å². The maximum atomic E-state index is 2.45. The lowest BCUT2D eigenvalue weighted by atomic mass is 9.85. The van der Waals surface area contributed by atoms with Gasteiger partial charge < -0.3 is 4.90 Å². The van der Waals surface area contributed by atoms with Crippen LogP contribution in [0.25, 0.3) is 76.1 Å². The van der Waals surface area contributed by atoms with Crippen molar-refractivity contribution >= 4 is 70.9 Å². The van der Waals surface area contributed by atoms with Crippen LogP contribution in [0.1, 0.15) is 0 Å². The molecule has 0 aliphatic rings. The van der Waals surface area contributed by atoms with E-state index in [2.05, 4.69) is 205 Å². The molecule has 51 heavy (non-hydrogen) atoms. The Kier molecular flexibility index (Phi) is 6.89. The predicted molar refractivity (Wildman–Crippen MR) is 220 cm³/mol. The molecule has 1 heteroatoms. The molecule has 0 N–H and O–H groups in total. The van der Waals surface area contributed by atoms with Gasteiger partial charge in [-0.25, -0.2) is 0 Å². The van der Waals surface area contributed by atoms with Gasteiger partial charge in [0.15, 0.2) is 0 Å². The van der Waals surface area contributed by atoms with Gasteiger partial charge in [-0.1, -0.05) is 170 Å². The molecule has 0 aromatic heterocycles. The summed E-state index contributed by atoms with van der Waals surface area (Å²) in [5.41, 5.74) is 8.32. The van der Waals surface area contributed by atoms with E-state index in [1.165, 1.54) is 76.1 Å². The van der Waals surface area contributed by atoms with E-state index < -0.39 is 0 Å². The van der Waals surface area contributed by atoms with Crippen LogP contribution in [0.3, 0.4) is 0 Å². The lowest BCUT2D eigenvalue weighted by molar-refractivity contribution is 1.31. The lowest BCUT2D eigenvalue weighted by Gasteiger charge is -2.28. The summed E-state index contributed by atoms with van der Waals surface area (Å²) in [5, 5.41) is 12.4. The SMILES string of the molecule is c1ccc(-c2c(-c3ccccc3)c3cc(N(c4ccc5ccccc5c4)c4cccc5c4ccc4ccccc45)ccc3c3ccccc23)cc1. The van der Waals surface area contributed by atoms with Crippen molar-refractivity contribution in [3.05, 3.63) is 200 Å². The molecule has 0 saturated carbocycles. The van der Waals surface area contributed by atoms with Crippen LogP contribution in [-0.2, 0) is 0 Å². The van der Waals surface area contributed by atoms with Gasteiger partial charge in [0.2, 0.25) is 0 Å². The highest BCUT2D eigenvalue weighted by molar-refractivity contribution is 6.22. The second kappa shape index (κ2) is 12.0. The molecule has 1 nitrogen and oxygen atoms in total. The first-order valence-corrected chi connectivity index (χ1v) is 17.6. The molecule has 10 aromatic rings. The minimum absolute atomic E-state index is 1.12. The van der Waals surface area contributed by atoms with Crippen molar-refractivity contribution in [1.29, 1.82) is 0 Å². The molecule has 0 amide bonds. The van der Waals surface area contributed by atoms with E-state index in [-0.39, 0.29) is 0 Å². The fourth-order valence-electron chi connectivity index (χ4n) is 8.09. The van der Waals surface area contributed by atoms with Crippen LogP contribution in [0.2, 0.25) is 0 Å². The molecule has 0 fully saturated rings. The molecule has 0 aliphatic heterocycles. The Hall–Kier alpha value is -6.70. The van der Waals surface area contributed by atoms with Crippen molar-refractivity contribution in [2.45, 2.75) is 0 Å². The highest BCUT2D eigenvalue weighted by Crippen LogP contribution is 2.48. The molecule has 0 heterocycles. The molecule has 10 aromatic carbocycles. The van der Waals surface area contributed by atoms with Crippen molar-refractivity contribution < 1.29 is 0 Å². The van der Waals surface area contributed by atoms with Gasteiger partial charge in [0.1, 0.15) is 0 Å². The third-order valence-electron chi connectivity index (χ3n) is 10.4. The fraction of sp³-hybridized carbons (Fsp3) is 0. The highest BCUT2D eigenvalue weighted by Gasteiger charge is 2.21. The molecular formula is C50H33N. The molecule has 0 unspecified atom stereocenters. The summed E-state index contributed by atoms with van der Waals surface area (Å²) < 4.78 is 0. The maximum Gasteiger partial charge on any atom is 0.0540 e. The van der Waals surface area contributed by atoms with Crippen molar-refractivity contribution in [2.75, 3.05) is 4.90 Å². The predicted octanol–water partition coefficient (Wildman–Crippen LogP) is 14.3. The largest absolute Gasteiger partial charge is 0.310 e. The van der Waals surface area contributed by atoms with Crippen molar-refractivity contribution in [2.24, 2.45) is 0 Å². The number of anilines is 3. The van der Waals surface area contributed by atoms with Gasteiger partial charge in [0.25, 0.3) is 0 Å². The zero-order valence-corrected chi connectivity index (χ0v) is 28.0. The number of nitrogens with zero attached hydrogens (tertiary/aromatic N) is 1. The van der Waals surface area contributed by atoms with E-state index in [1.807, 2.05) is 0 Å². The minimum atomic E-state index is 1.12. The van der Waals surface area contributed by atoms with Crippen molar-refractivity contribution in [3.63, 3.8) is 0 Å². The Labute approximate surface area is 297 Å². The summed E-state index contributed by atoms with van der Waals surface area (Å²) in [6.45, 7) is 0. The van der Waals surface area contributed by atoms with Gasteiger partial charge in [-0.2, -0.15) is 0 Å². The van der Waals surface area contributed by atoms with E-state index in [9.17, 15) is 0 Å². The minimum Gasteiger partial charge on any atom is -0.310 e. The van der Waals surface area contributed by atoms with Crippen LogP contribution in [0, 0.1) is 0 Å². The number of hydrogen-bond acceptors (Lipinski definition) is 1. The molecule has 0 atom stereocenters. The first-order valence-electron chi connectivity index (χ1n) is 17.6. The average Bonchev–Trinajstić information content (AvgIpc) is 3.21. The van der Waals surface area contributed by atoms with E-state index in [0.717, 1.165) is 17.1 Å². The van der Waals surface area contributed by atoms with E-state index >= 15 is 0 Å². The third-order valence-corrected chi connectivity index (χ3v) is 10.4. The number of fused-ring (bicyclic) bond motifs is 7. The molecule has 0 bridgehead atoms. The molecule has 0 aliphatic carbocycles. The molecule has 10 rings (SSSR count). The Morgan fingerprint density at radius 1 is 0.255 bits per heavy atom. The van der Waals surface area contributed by atoms with Crippen molar-refractivity contribution in [1.82, 2.24) is 0 Å².